The lowest BCUT2D eigenvalue weighted by molar-refractivity contribution is -0.143. The van der Waals surface area contributed by atoms with Crippen LogP contribution in [0.3, 0.4) is 0 Å². The van der Waals surface area contributed by atoms with Crippen molar-refractivity contribution in [3.63, 3.8) is 0 Å². The van der Waals surface area contributed by atoms with Gasteiger partial charge in [-0.15, -0.1) is 0 Å². The molecule has 21 heavy (non-hydrogen) atoms. The van der Waals surface area contributed by atoms with E-state index in [4.69, 9.17) is 9.84 Å². The Labute approximate surface area is 131 Å². The van der Waals surface area contributed by atoms with Gasteiger partial charge in [0.1, 0.15) is 5.75 Å². The van der Waals surface area contributed by atoms with E-state index in [-0.39, 0.29) is 17.9 Å². The van der Waals surface area contributed by atoms with Crippen molar-refractivity contribution in [3.8, 4) is 5.75 Å². The molecule has 0 radical (unpaired) electrons. The highest BCUT2D eigenvalue weighted by atomic mass is 79.9. The molecule has 1 fully saturated rings. The zero-order chi connectivity index (χ0) is 15.4. The number of rotatable bonds is 4. The number of halogens is 1. The second-order valence-corrected chi connectivity index (χ2v) is 6.13. The maximum absolute atomic E-state index is 12.3. The van der Waals surface area contributed by atoms with Gasteiger partial charge in [0.15, 0.2) is 0 Å². The molecule has 6 heteroatoms. The molecule has 0 aliphatic heterocycles. The minimum absolute atomic E-state index is 0.0966. The van der Waals surface area contributed by atoms with E-state index >= 15 is 0 Å². The highest BCUT2D eigenvalue weighted by Crippen LogP contribution is 2.26. The number of carboxylic acids is 1. The molecule has 1 aromatic rings. The molecule has 1 aliphatic rings. The molecule has 2 N–H and O–H groups in total. The number of methoxy groups -OCH3 is 1. The van der Waals surface area contributed by atoms with E-state index in [9.17, 15) is 9.59 Å². The van der Waals surface area contributed by atoms with Gasteiger partial charge in [0.2, 0.25) is 0 Å². The first-order valence-corrected chi connectivity index (χ1v) is 7.67. The second-order valence-electron chi connectivity index (χ2n) is 5.22. The van der Waals surface area contributed by atoms with Crippen molar-refractivity contribution in [1.82, 2.24) is 5.32 Å². The smallest absolute Gasteiger partial charge is 0.306 e. The number of carbonyl (C=O) groups is 2. The fourth-order valence-electron chi connectivity index (χ4n) is 2.66. The number of aliphatic carboxylic acids is 1. The third-order valence-electron chi connectivity index (χ3n) is 3.77. The largest absolute Gasteiger partial charge is 0.496 e. The van der Waals surface area contributed by atoms with Crippen LogP contribution in [0.1, 0.15) is 36.0 Å². The monoisotopic (exact) mass is 355 g/mol. The SMILES string of the molecule is COc1cc(Br)ccc1C(=O)NC1CCCC(C(=O)O)C1. The molecule has 0 saturated heterocycles. The van der Waals surface area contributed by atoms with Gasteiger partial charge in [0, 0.05) is 10.5 Å². The van der Waals surface area contributed by atoms with Crippen LogP contribution in [0.25, 0.3) is 0 Å². The zero-order valence-corrected chi connectivity index (χ0v) is 13.4. The first-order valence-electron chi connectivity index (χ1n) is 6.88. The van der Waals surface area contributed by atoms with E-state index in [0.29, 0.717) is 24.2 Å². The Morgan fingerprint density at radius 1 is 1.38 bits per heavy atom. The van der Waals surface area contributed by atoms with Crippen LogP contribution in [0.15, 0.2) is 22.7 Å². The maximum Gasteiger partial charge on any atom is 0.306 e. The summed E-state index contributed by atoms with van der Waals surface area (Å²) in [5.41, 5.74) is 0.457. The summed E-state index contributed by atoms with van der Waals surface area (Å²) < 4.78 is 6.04. The molecule has 2 rings (SSSR count). The van der Waals surface area contributed by atoms with Gasteiger partial charge in [-0.2, -0.15) is 0 Å². The lowest BCUT2D eigenvalue weighted by Crippen LogP contribution is -2.40. The summed E-state index contributed by atoms with van der Waals surface area (Å²) in [6, 6.07) is 5.10. The summed E-state index contributed by atoms with van der Waals surface area (Å²) >= 11 is 3.33. The number of hydrogen-bond acceptors (Lipinski definition) is 3. The first-order chi connectivity index (χ1) is 10.0. The summed E-state index contributed by atoms with van der Waals surface area (Å²) in [6.45, 7) is 0. The summed E-state index contributed by atoms with van der Waals surface area (Å²) in [5.74, 6) is -0.881. The van der Waals surface area contributed by atoms with Crippen LogP contribution in [0.5, 0.6) is 5.75 Å². The van der Waals surface area contributed by atoms with Gasteiger partial charge in [-0.25, -0.2) is 0 Å². The van der Waals surface area contributed by atoms with Gasteiger partial charge in [-0.3, -0.25) is 9.59 Å². The molecule has 2 unspecified atom stereocenters. The summed E-state index contributed by atoms with van der Waals surface area (Å²) in [4.78, 5) is 23.4. The number of ether oxygens (including phenoxy) is 1. The number of hydrogen-bond donors (Lipinski definition) is 2. The highest BCUT2D eigenvalue weighted by Gasteiger charge is 2.28. The van der Waals surface area contributed by atoms with E-state index < -0.39 is 5.97 Å². The number of nitrogens with one attached hydrogen (secondary N) is 1. The van der Waals surface area contributed by atoms with Crippen LogP contribution >= 0.6 is 15.9 Å². The van der Waals surface area contributed by atoms with E-state index in [1.54, 1.807) is 18.2 Å². The van der Waals surface area contributed by atoms with Crippen LogP contribution in [0.2, 0.25) is 0 Å². The van der Waals surface area contributed by atoms with Crippen molar-refractivity contribution in [2.24, 2.45) is 5.92 Å². The van der Waals surface area contributed by atoms with E-state index in [2.05, 4.69) is 21.2 Å². The molecular formula is C15H18BrNO4. The Morgan fingerprint density at radius 3 is 2.81 bits per heavy atom. The van der Waals surface area contributed by atoms with Crippen LogP contribution in [-0.2, 0) is 4.79 Å². The van der Waals surface area contributed by atoms with Crippen molar-refractivity contribution in [3.05, 3.63) is 28.2 Å². The second kappa shape index (κ2) is 6.93. The van der Waals surface area contributed by atoms with Crippen LogP contribution in [-0.4, -0.2) is 30.1 Å². The summed E-state index contributed by atoms with van der Waals surface area (Å²) in [5, 5.41) is 12.0. The molecule has 1 amide bonds. The molecule has 2 atom stereocenters. The Bertz CT molecular complexity index is 546. The lowest BCUT2D eigenvalue weighted by atomic mass is 9.85. The molecule has 0 bridgehead atoms. The molecule has 0 aromatic heterocycles. The first kappa shape index (κ1) is 15.8. The fourth-order valence-corrected chi connectivity index (χ4v) is 3.00. The Hall–Kier alpha value is -1.56. The number of carboxylic acid groups (broad SMARTS) is 1. The van der Waals surface area contributed by atoms with E-state index in [0.717, 1.165) is 17.3 Å². The van der Waals surface area contributed by atoms with Gasteiger partial charge < -0.3 is 15.2 Å². The van der Waals surface area contributed by atoms with Gasteiger partial charge >= 0.3 is 5.97 Å². The molecule has 1 saturated carbocycles. The Kier molecular flexibility index (Phi) is 5.22. The van der Waals surface area contributed by atoms with Crippen LogP contribution in [0, 0.1) is 5.92 Å². The normalized spacial score (nSPS) is 21.6. The maximum atomic E-state index is 12.3. The molecular weight excluding hydrogens is 338 g/mol. The number of amides is 1. The number of carbonyl (C=O) groups excluding carboxylic acids is 1. The molecule has 1 aliphatic carbocycles. The fraction of sp³-hybridized carbons (Fsp3) is 0.467. The van der Waals surface area contributed by atoms with Crippen molar-refractivity contribution in [1.29, 1.82) is 0 Å². The highest BCUT2D eigenvalue weighted by molar-refractivity contribution is 9.10. The third-order valence-corrected chi connectivity index (χ3v) is 4.26. The minimum Gasteiger partial charge on any atom is -0.496 e. The standard InChI is InChI=1S/C15H18BrNO4/c1-21-13-8-10(16)5-6-12(13)14(18)17-11-4-2-3-9(7-11)15(19)20/h5-6,8-9,11H,2-4,7H2,1H3,(H,17,18)(H,19,20). The third kappa shape index (κ3) is 3.97. The van der Waals surface area contributed by atoms with Gasteiger partial charge in [0.25, 0.3) is 5.91 Å². The predicted octanol–water partition coefficient (Wildman–Crippen LogP) is 2.83. The molecule has 5 nitrogen and oxygen atoms in total. The van der Waals surface area contributed by atoms with Gasteiger partial charge in [-0.1, -0.05) is 22.4 Å². The topological polar surface area (TPSA) is 75.6 Å². The van der Waals surface area contributed by atoms with Crippen molar-refractivity contribution in [2.75, 3.05) is 7.11 Å². The quantitative estimate of drug-likeness (QED) is 0.870. The molecule has 1 aromatic carbocycles. The van der Waals surface area contributed by atoms with Crippen molar-refractivity contribution in [2.45, 2.75) is 31.7 Å². The molecule has 114 valence electrons. The molecule has 0 spiro atoms. The van der Waals surface area contributed by atoms with Crippen LogP contribution < -0.4 is 10.1 Å². The van der Waals surface area contributed by atoms with E-state index in [1.807, 2.05) is 0 Å². The van der Waals surface area contributed by atoms with Crippen LogP contribution in [0.4, 0.5) is 0 Å². The predicted molar refractivity (Wildman–Crippen MR) is 81.5 cm³/mol. The average molecular weight is 356 g/mol. The zero-order valence-electron chi connectivity index (χ0n) is 11.8. The Morgan fingerprint density at radius 2 is 2.14 bits per heavy atom. The van der Waals surface area contributed by atoms with E-state index in [1.165, 1.54) is 7.11 Å². The van der Waals surface area contributed by atoms with Crippen molar-refractivity contribution < 1.29 is 19.4 Å². The van der Waals surface area contributed by atoms with Gasteiger partial charge in [-0.05, 0) is 37.5 Å². The minimum atomic E-state index is -0.782. The lowest BCUT2D eigenvalue weighted by Gasteiger charge is -2.27. The molecule has 0 heterocycles. The summed E-state index contributed by atoms with van der Waals surface area (Å²) in [7, 11) is 1.51. The average Bonchev–Trinajstić information content (AvgIpc) is 2.47. The summed E-state index contributed by atoms with van der Waals surface area (Å²) in [6.07, 6.45) is 2.80. The Balaban J connectivity index is 2.06. The van der Waals surface area contributed by atoms with Gasteiger partial charge in [0.05, 0.1) is 18.6 Å². The number of benzene rings is 1. The van der Waals surface area contributed by atoms with Crippen molar-refractivity contribution >= 4 is 27.8 Å².